The average molecular weight is 220 g/mol. The second-order valence-electron chi connectivity index (χ2n) is 5.49. The average Bonchev–Trinajstić information content (AvgIpc) is 2.19. The van der Waals surface area contributed by atoms with Crippen LogP contribution in [0.3, 0.4) is 0 Å². The van der Waals surface area contributed by atoms with E-state index in [0.717, 1.165) is 13.0 Å². The Kier molecular flexibility index (Phi) is 4.48. The zero-order valence-electron chi connectivity index (χ0n) is 11.2. The van der Waals surface area contributed by atoms with E-state index in [-0.39, 0.29) is 5.41 Å². The van der Waals surface area contributed by atoms with Gasteiger partial charge in [-0.1, -0.05) is 27.7 Å². The molecule has 0 saturated heterocycles. The summed E-state index contributed by atoms with van der Waals surface area (Å²) in [5.41, 5.74) is 2.86. The van der Waals surface area contributed by atoms with Crippen LogP contribution < -0.4 is 5.32 Å². The van der Waals surface area contributed by atoms with E-state index in [1.807, 2.05) is 12.4 Å². The van der Waals surface area contributed by atoms with Crippen LogP contribution in [0.25, 0.3) is 0 Å². The van der Waals surface area contributed by atoms with Crippen LogP contribution in [0.1, 0.15) is 51.3 Å². The van der Waals surface area contributed by atoms with Crippen molar-refractivity contribution < 1.29 is 0 Å². The van der Waals surface area contributed by atoms with Crippen molar-refractivity contribution in [2.24, 2.45) is 5.41 Å². The minimum absolute atomic E-state index is 0.223. The summed E-state index contributed by atoms with van der Waals surface area (Å²) in [5.74, 6) is 0. The Morgan fingerprint density at radius 3 is 2.56 bits per heavy atom. The molecule has 0 aliphatic rings. The standard InChI is InChI=1S/C14H24N2/c1-6-8-16-13(14(3,4)5)12-7-9-15-10-11(12)2/h7,9-10,13,16H,6,8H2,1-5H3. The largest absolute Gasteiger partial charge is 0.309 e. The molecule has 1 heterocycles. The van der Waals surface area contributed by atoms with Crippen molar-refractivity contribution in [1.82, 2.24) is 10.3 Å². The molecule has 90 valence electrons. The summed E-state index contributed by atoms with van der Waals surface area (Å²) >= 11 is 0. The van der Waals surface area contributed by atoms with Crippen LogP contribution in [0.2, 0.25) is 0 Å². The zero-order valence-corrected chi connectivity index (χ0v) is 11.2. The van der Waals surface area contributed by atoms with Gasteiger partial charge in [0, 0.05) is 18.4 Å². The summed E-state index contributed by atoms with van der Waals surface area (Å²) in [7, 11) is 0. The van der Waals surface area contributed by atoms with E-state index in [0.29, 0.717) is 6.04 Å². The molecule has 1 rings (SSSR count). The van der Waals surface area contributed by atoms with Gasteiger partial charge in [-0.25, -0.2) is 0 Å². The predicted molar refractivity (Wildman–Crippen MR) is 69.5 cm³/mol. The normalized spacial score (nSPS) is 13.8. The fourth-order valence-corrected chi connectivity index (χ4v) is 1.98. The Morgan fingerprint density at radius 1 is 1.38 bits per heavy atom. The highest BCUT2D eigenvalue weighted by atomic mass is 14.9. The molecule has 0 fully saturated rings. The van der Waals surface area contributed by atoms with Crippen LogP contribution in [-0.2, 0) is 0 Å². The second-order valence-corrected chi connectivity index (χ2v) is 5.49. The van der Waals surface area contributed by atoms with Gasteiger partial charge in [0.05, 0.1) is 0 Å². The van der Waals surface area contributed by atoms with Crippen molar-refractivity contribution in [1.29, 1.82) is 0 Å². The van der Waals surface area contributed by atoms with E-state index >= 15 is 0 Å². The molecule has 2 nitrogen and oxygen atoms in total. The molecule has 0 spiro atoms. The number of hydrogen-bond donors (Lipinski definition) is 1. The molecule has 0 aliphatic heterocycles. The van der Waals surface area contributed by atoms with Gasteiger partial charge in [-0.05, 0) is 42.5 Å². The Bertz CT molecular complexity index is 326. The lowest BCUT2D eigenvalue weighted by Crippen LogP contribution is -2.33. The topological polar surface area (TPSA) is 24.9 Å². The zero-order chi connectivity index (χ0) is 12.2. The summed E-state index contributed by atoms with van der Waals surface area (Å²) < 4.78 is 0. The fraction of sp³-hybridized carbons (Fsp3) is 0.643. The fourth-order valence-electron chi connectivity index (χ4n) is 1.98. The minimum atomic E-state index is 0.223. The van der Waals surface area contributed by atoms with E-state index in [1.54, 1.807) is 0 Å². The summed E-state index contributed by atoms with van der Waals surface area (Å²) in [4.78, 5) is 4.16. The molecule has 1 aromatic heterocycles. The quantitative estimate of drug-likeness (QED) is 0.840. The van der Waals surface area contributed by atoms with Gasteiger partial charge in [-0.15, -0.1) is 0 Å². The third kappa shape index (κ3) is 3.31. The van der Waals surface area contributed by atoms with Crippen molar-refractivity contribution in [2.45, 2.75) is 47.1 Å². The highest BCUT2D eigenvalue weighted by Crippen LogP contribution is 2.33. The number of pyridine rings is 1. The first kappa shape index (κ1) is 13.2. The third-order valence-corrected chi connectivity index (χ3v) is 2.84. The van der Waals surface area contributed by atoms with Crippen molar-refractivity contribution in [3.63, 3.8) is 0 Å². The van der Waals surface area contributed by atoms with Gasteiger partial charge in [-0.2, -0.15) is 0 Å². The van der Waals surface area contributed by atoms with Gasteiger partial charge in [0.1, 0.15) is 0 Å². The molecule has 16 heavy (non-hydrogen) atoms. The Labute approximate surface area is 99.5 Å². The molecular weight excluding hydrogens is 196 g/mol. The van der Waals surface area contributed by atoms with E-state index in [1.165, 1.54) is 11.1 Å². The van der Waals surface area contributed by atoms with Gasteiger partial charge in [-0.3, -0.25) is 4.98 Å². The van der Waals surface area contributed by atoms with Gasteiger partial charge in [0.2, 0.25) is 0 Å². The van der Waals surface area contributed by atoms with Crippen LogP contribution in [0, 0.1) is 12.3 Å². The third-order valence-electron chi connectivity index (χ3n) is 2.84. The summed E-state index contributed by atoms with van der Waals surface area (Å²) in [6.45, 7) is 12.2. The number of nitrogens with zero attached hydrogens (tertiary/aromatic N) is 1. The van der Waals surface area contributed by atoms with E-state index in [4.69, 9.17) is 0 Å². The molecule has 0 aromatic carbocycles. The van der Waals surface area contributed by atoms with E-state index in [2.05, 4.69) is 51.0 Å². The Hall–Kier alpha value is -0.890. The van der Waals surface area contributed by atoms with Crippen LogP contribution in [0.15, 0.2) is 18.5 Å². The molecule has 2 heteroatoms. The van der Waals surface area contributed by atoms with Crippen LogP contribution >= 0.6 is 0 Å². The minimum Gasteiger partial charge on any atom is -0.309 e. The van der Waals surface area contributed by atoms with Gasteiger partial charge in [0.25, 0.3) is 0 Å². The molecule has 1 aromatic rings. The molecule has 1 N–H and O–H groups in total. The predicted octanol–water partition coefficient (Wildman–Crippen LogP) is 3.48. The summed E-state index contributed by atoms with van der Waals surface area (Å²) in [6.07, 6.45) is 4.99. The smallest absolute Gasteiger partial charge is 0.0372 e. The summed E-state index contributed by atoms with van der Waals surface area (Å²) in [5, 5.41) is 3.64. The van der Waals surface area contributed by atoms with Crippen molar-refractivity contribution in [2.75, 3.05) is 6.54 Å². The number of aryl methyl sites for hydroxylation is 1. The first-order valence-corrected chi connectivity index (χ1v) is 6.10. The number of rotatable bonds is 4. The molecule has 0 aliphatic carbocycles. The lowest BCUT2D eigenvalue weighted by Gasteiger charge is -2.33. The van der Waals surface area contributed by atoms with Crippen molar-refractivity contribution >= 4 is 0 Å². The highest BCUT2D eigenvalue weighted by molar-refractivity contribution is 5.26. The number of hydrogen-bond acceptors (Lipinski definition) is 2. The second kappa shape index (κ2) is 5.44. The molecular formula is C14H24N2. The number of nitrogens with one attached hydrogen (secondary N) is 1. The van der Waals surface area contributed by atoms with Gasteiger partial charge in [0.15, 0.2) is 0 Å². The number of aromatic nitrogens is 1. The molecule has 0 bridgehead atoms. The first-order valence-electron chi connectivity index (χ1n) is 6.10. The Balaban J connectivity index is 2.97. The maximum atomic E-state index is 4.16. The SMILES string of the molecule is CCCNC(c1ccncc1C)C(C)(C)C. The molecule has 0 amide bonds. The molecule has 0 saturated carbocycles. The van der Waals surface area contributed by atoms with E-state index in [9.17, 15) is 0 Å². The maximum Gasteiger partial charge on any atom is 0.0372 e. The van der Waals surface area contributed by atoms with Crippen molar-refractivity contribution in [3.05, 3.63) is 29.6 Å². The summed E-state index contributed by atoms with van der Waals surface area (Å²) in [6, 6.07) is 2.53. The molecule has 1 unspecified atom stereocenters. The highest BCUT2D eigenvalue weighted by Gasteiger charge is 2.26. The lowest BCUT2D eigenvalue weighted by atomic mass is 9.81. The van der Waals surface area contributed by atoms with Gasteiger partial charge < -0.3 is 5.32 Å². The first-order chi connectivity index (χ1) is 7.46. The van der Waals surface area contributed by atoms with Crippen LogP contribution in [0.4, 0.5) is 0 Å². The molecule has 1 atom stereocenters. The van der Waals surface area contributed by atoms with E-state index < -0.39 is 0 Å². The van der Waals surface area contributed by atoms with Crippen LogP contribution in [0.5, 0.6) is 0 Å². The van der Waals surface area contributed by atoms with Crippen molar-refractivity contribution in [3.8, 4) is 0 Å². The van der Waals surface area contributed by atoms with Gasteiger partial charge >= 0.3 is 0 Å². The maximum absolute atomic E-state index is 4.16. The van der Waals surface area contributed by atoms with Crippen LogP contribution in [-0.4, -0.2) is 11.5 Å². The molecule has 0 radical (unpaired) electrons. The lowest BCUT2D eigenvalue weighted by molar-refractivity contribution is 0.272. The Morgan fingerprint density at radius 2 is 2.06 bits per heavy atom. The monoisotopic (exact) mass is 220 g/mol.